The molecule has 0 saturated heterocycles. The topological polar surface area (TPSA) is 62.2 Å². The summed E-state index contributed by atoms with van der Waals surface area (Å²) in [6, 6.07) is 2.97. The first-order valence-electron chi connectivity index (χ1n) is 5.48. The first-order chi connectivity index (χ1) is 8.97. The number of anilines is 1. The van der Waals surface area contributed by atoms with Crippen LogP contribution in [0.3, 0.4) is 0 Å². The molecule has 1 heterocycles. The molecule has 0 unspecified atom stereocenters. The predicted molar refractivity (Wildman–Crippen MR) is 66.1 cm³/mol. The minimum atomic E-state index is -0.841. The third kappa shape index (κ3) is 2.12. The van der Waals surface area contributed by atoms with Crippen molar-refractivity contribution in [2.75, 3.05) is 12.8 Å². The van der Waals surface area contributed by atoms with Crippen molar-refractivity contribution in [1.29, 1.82) is 0 Å². The van der Waals surface area contributed by atoms with E-state index in [-0.39, 0.29) is 18.0 Å². The quantitative estimate of drug-likeness (QED) is 0.910. The molecule has 2 aromatic rings. The highest BCUT2D eigenvalue weighted by molar-refractivity contribution is 5.45. The fourth-order valence-corrected chi connectivity index (χ4v) is 1.90. The van der Waals surface area contributed by atoms with E-state index in [9.17, 15) is 13.6 Å². The zero-order valence-corrected chi connectivity index (χ0v) is 10.5. The van der Waals surface area contributed by atoms with Gasteiger partial charge in [-0.2, -0.15) is 0 Å². The molecule has 2 rings (SSSR count). The van der Waals surface area contributed by atoms with Crippen molar-refractivity contribution in [2.24, 2.45) is 7.05 Å². The number of ether oxygens (including phenoxy) is 1. The summed E-state index contributed by atoms with van der Waals surface area (Å²) in [4.78, 5) is 12.0. The van der Waals surface area contributed by atoms with E-state index in [1.54, 1.807) is 7.05 Å². The molecule has 0 aliphatic heterocycles. The van der Waals surface area contributed by atoms with Crippen LogP contribution in [0.25, 0.3) is 5.69 Å². The van der Waals surface area contributed by atoms with Crippen molar-refractivity contribution >= 4 is 5.69 Å². The Bertz CT molecular complexity index is 676. The zero-order valence-electron chi connectivity index (χ0n) is 10.5. The molecular formula is C12H13F2N3O2. The van der Waals surface area contributed by atoms with E-state index >= 15 is 0 Å². The lowest BCUT2D eigenvalue weighted by atomic mass is 10.3. The second-order valence-corrected chi connectivity index (χ2v) is 4.03. The number of nitrogen functional groups attached to an aromatic ring is 1. The van der Waals surface area contributed by atoms with E-state index in [1.807, 2.05) is 0 Å². The van der Waals surface area contributed by atoms with Gasteiger partial charge in [0.25, 0.3) is 5.56 Å². The van der Waals surface area contributed by atoms with Crippen LogP contribution >= 0.6 is 0 Å². The molecule has 0 atom stereocenters. The maximum atomic E-state index is 13.7. The second kappa shape index (κ2) is 4.85. The Labute approximate surface area is 107 Å². The largest absolute Gasteiger partial charge is 0.393 e. The van der Waals surface area contributed by atoms with Crippen molar-refractivity contribution in [3.63, 3.8) is 0 Å². The Hall–Kier alpha value is -2.15. The van der Waals surface area contributed by atoms with E-state index in [1.165, 1.54) is 17.9 Å². The van der Waals surface area contributed by atoms with Gasteiger partial charge in [0, 0.05) is 20.2 Å². The smallest absolute Gasteiger partial charge is 0.295 e. The molecule has 0 spiro atoms. The first kappa shape index (κ1) is 13.3. The number of rotatable bonds is 3. The maximum absolute atomic E-state index is 13.7. The Balaban J connectivity index is 2.69. The summed E-state index contributed by atoms with van der Waals surface area (Å²) in [5.74, 6) is -1.56. The van der Waals surface area contributed by atoms with Crippen molar-refractivity contribution < 1.29 is 13.5 Å². The van der Waals surface area contributed by atoms with Crippen LogP contribution in [0.2, 0.25) is 0 Å². The van der Waals surface area contributed by atoms with Crippen LogP contribution < -0.4 is 11.3 Å². The molecule has 1 aromatic heterocycles. The van der Waals surface area contributed by atoms with Crippen molar-refractivity contribution in [3.05, 3.63) is 45.9 Å². The Morgan fingerprint density at radius 3 is 2.63 bits per heavy atom. The van der Waals surface area contributed by atoms with Gasteiger partial charge in [0.1, 0.15) is 17.2 Å². The molecule has 5 nitrogen and oxygen atoms in total. The maximum Gasteiger partial charge on any atom is 0.295 e. The first-order valence-corrected chi connectivity index (χ1v) is 5.48. The van der Waals surface area contributed by atoms with Crippen LogP contribution in [0.15, 0.2) is 23.0 Å². The number of nitrogens with zero attached hydrogens (tertiary/aromatic N) is 2. The van der Waals surface area contributed by atoms with Gasteiger partial charge in [0.2, 0.25) is 0 Å². The predicted octanol–water partition coefficient (Wildman–Crippen LogP) is 1.18. The number of aromatic nitrogens is 2. The Kier molecular flexibility index (Phi) is 3.39. The molecule has 1 aromatic carbocycles. The van der Waals surface area contributed by atoms with Crippen molar-refractivity contribution in [3.8, 4) is 5.69 Å². The van der Waals surface area contributed by atoms with Crippen LogP contribution in [0.1, 0.15) is 5.69 Å². The van der Waals surface area contributed by atoms with E-state index < -0.39 is 17.2 Å². The Morgan fingerprint density at radius 2 is 2.05 bits per heavy atom. The van der Waals surface area contributed by atoms with Gasteiger partial charge in [-0.05, 0) is 12.1 Å². The molecule has 0 saturated carbocycles. The van der Waals surface area contributed by atoms with E-state index in [2.05, 4.69) is 0 Å². The molecule has 0 radical (unpaired) electrons. The van der Waals surface area contributed by atoms with E-state index in [0.717, 1.165) is 10.7 Å². The molecular weight excluding hydrogens is 256 g/mol. The molecule has 102 valence electrons. The summed E-state index contributed by atoms with van der Waals surface area (Å²) in [7, 11) is 3.01. The average molecular weight is 269 g/mol. The number of methoxy groups -OCH3 is 1. The van der Waals surface area contributed by atoms with Crippen molar-refractivity contribution in [2.45, 2.75) is 6.61 Å². The highest BCUT2D eigenvalue weighted by atomic mass is 19.1. The van der Waals surface area contributed by atoms with Gasteiger partial charge >= 0.3 is 0 Å². The highest BCUT2D eigenvalue weighted by Crippen LogP contribution is 2.17. The molecule has 7 heteroatoms. The van der Waals surface area contributed by atoms with E-state index in [0.29, 0.717) is 11.8 Å². The molecule has 0 aliphatic carbocycles. The monoisotopic (exact) mass is 269 g/mol. The van der Waals surface area contributed by atoms with Gasteiger partial charge in [0.15, 0.2) is 5.82 Å². The lowest BCUT2D eigenvalue weighted by Gasteiger charge is -2.10. The lowest BCUT2D eigenvalue weighted by Crippen LogP contribution is -2.21. The fourth-order valence-electron chi connectivity index (χ4n) is 1.90. The van der Waals surface area contributed by atoms with Gasteiger partial charge in [-0.15, -0.1) is 0 Å². The van der Waals surface area contributed by atoms with Gasteiger partial charge in [-0.3, -0.25) is 9.48 Å². The van der Waals surface area contributed by atoms with Crippen LogP contribution in [-0.4, -0.2) is 16.5 Å². The van der Waals surface area contributed by atoms with E-state index in [4.69, 9.17) is 10.5 Å². The fraction of sp³-hybridized carbons (Fsp3) is 0.250. The molecule has 0 amide bonds. The normalized spacial score (nSPS) is 10.9. The average Bonchev–Trinajstić information content (AvgIpc) is 2.55. The molecule has 19 heavy (non-hydrogen) atoms. The summed E-state index contributed by atoms with van der Waals surface area (Å²) in [5.41, 5.74) is 5.45. The summed E-state index contributed by atoms with van der Waals surface area (Å²) >= 11 is 0. The minimum Gasteiger partial charge on any atom is -0.393 e. The number of halogens is 2. The van der Waals surface area contributed by atoms with Gasteiger partial charge in [0.05, 0.1) is 12.3 Å². The van der Waals surface area contributed by atoms with Crippen LogP contribution in [0.5, 0.6) is 0 Å². The summed E-state index contributed by atoms with van der Waals surface area (Å²) in [6.45, 7) is 0.118. The molecule has 0 bridgehead atoms. The van der Waals surface area contributed by atoms with Gasteiger partial charge in [-0.1, -0.05) is 0 Å². The number of hydrogen-bond donors (Lipinski definition) is 1. The third-order valence-electron chi connectivity index (χ3n) is 2.84. The van der Waals surface area contributed by atoms with Crippen molar-refractivity contribution in [1.82, 2.24) is 9.36 Å². The lowest BCUT2D eigenvalue weighted by molar-refractivity contribution is 0.177. The Morgan fingerprint density at radius 1 is 1.37 bits per heavy atom. The van der Waals surface area contributed by atoms with Gasteiger partial charge in [-0.25, -0.2) is 13.5 Å². The second-order valence-electron chi connectivity index (χ2n) is 4.03. The van der Waals surface area contributed by atoms with Crippen LogP contribution in [0.4, 0.5) is 14.5 Å². The highest BCUT2D eigenvalue weighted by Gasteiger charge is 2.18. The summed E-state index contributed by atoms with van der Waals surface area (Å²) < 4.78 is 34.0. The molecule has 0 aliphatic rings. The molecule has 2 N–H and O–H groups in total. The van der Waals surface area contributed by atoms with Gasteiger partial charge < -0.3 is 10.5 Å². The standard InChI is InChI=1S/C12H13F2N3O2/c1-16-10(6-19-2)11(15)12(18)17(16)9-4-3-7(13)5-8(9)14/h3-5H,6,15H2,1-2H3. The van der Waals surface area contributed by atoms with Crippen LogP contribution in [-0.2, 0) is 18.4 Å². The third-order valence-corrected chi connectivity index (χ3v) is 2.84. The molecule has 0 fully saturated rings. The number of benzene rings is 1. The zero-order chi connectivity index (χ0) is 14.2. The SMILES string of the molecule is COCc1c(N)c(=O)n(-c2ccc(F)cc2F)n1C. The van der Waals surface area contributed by atoms with Crippen LogP contribution in [0, 0.1) is 11.6 Å². The summed E-state index contributed by atoms with van der Waals surface area (Å²) in [6.07, 6.45) is 0. The number of hydrogen-bond acceptors (Lipinski definition) is 3. The minimum absolute atomic E-state index is 0.0203. The number of nitrogens with two attached hydrogens (primary N) is 1. The summed E-state index contributed by atoms with van der Waals surface area (Å²) in [5, 5.41) is 0.